The monoisotopic (exact) mass is 368 g/mol. The molecule has 0 saturated carbocycles. The van der Waals surface area contributed by atoms with Gasteiger partial charge in [0.25, 0.3) is 0 Å². The van der Waals surface area contributed by atoms with Gasteiger partial charge in [-0.1, -0.05) is 110 Å². The molecular weight excluding hydrogens is 324 g/mol. The first-order valence-electron chi connectivity index (χ1n) is 11.3. The smallest absolute Gasteiger partial charge is 0.166 e. The number of nitrogens with one attached hydrogen (secondary N) is 2. The second-order valence-corrected chi connectivity index (χ2v) is 8.46. The highest BCUT2D eigenvalue weighted by molar-refractivity contribution is 7.80. The van der Waals surface area contributed by atoms with Gasteiger partial charge in [0, 0.05) is 13.1 Å². The molecule has 0 atom stereocenters. The van der Waals surface area contributed by atoms with Crippen LogP contribution in [-0.4, -0.2) is 18.2 Å². The number of hydrogen-bond acceptors (Lipinski definition) is 1. The molecule has 0 aromatic heterocycles. The highest BCUT2D eigenvalue weighted by Crippen LogP contribution is 2.15. The van der Waals surface area contributed by atoms with Crippen LogP contribution in [0.2, 0.25) is 0 Å². The maximum atomic E-state index is 5.09. The van der Waals surface area contributed by atoms with Crippen LogP contribution in [0.1, 0.15) is 116 Å². The number of hydrogen-bond donors (Lipinski definition) is 2. The van der Waals surface area contributed by atoms with Gasteiger partial charge in [0.2, 0.25) is 0 Å². The van der Waals surface area contributed by atoms with E-state index in [1.807, 2.05) is 0 Å². The van der Waals surface area contributed by atoms with Crippen LogP contribution < -0.4 is 10.6 Å². The molecule has 0 aromatic rings. The molecule has 1 heterocycles. The van der Waals surface area contributed by atoms with Crippen LogP contribution in [-0.2, 0) is 0 Å². The van der Waals surface area contributed by atoms with Crippen molar-refractivity contribution < 1.29 is 0 Å². The van der Waals surface area contributed by atoms with Crippen molar-refractivity contribution in [1.29, 1.82) is 0 Å². The maximum absolute atomic E-state index is 5.09. The van der Waals surface area contributed by atoms with E-state index in [1.54, 1.807) is 0 Å². The quantitative estimate of drug-likeness (QED) is 0.220. The fourth-order valence-electron chi connectivity index (χ4n) is 3.79. The average molecular weight is 369 g/mol. The SMILES string of the molecule is CCCCCCCCCCCCCCCCCCC1CNC(=S)NC1. The van der Waals surface area contributed by atoms with Gasteiger partial charge in [0.15, 0.2) is 5.11 Å². The van der Waals surface area contributed by atoms with Crippen LogP contribution in [0, 0.1) is 5.92 Å². The molecule has 148 valence electrons. The Hall–Kier alpha value is -0.310. The highest BCUT2D eigenvalue weighted by Gasteiger charge is 2.13. The van der Waals surface area contributed by atoms with Gasteiger partial charge in [-0.3, -0.25) is 0 Å². The van der Waals surface area contributed by atoms with E-state index in [4.69, 9.17) is 12.2 Å². The molecule has 0 unspecified atom stereocenters. The minimum atomic E-state index is 0.776. The maximum Gasteiger partial charge on any atom is 0.166 e. The van der Waals surface area contributed by atoms with E-state index in [9.17, 15) is 0 Å². The van der Waals surface area contributed by atoms with Gasteiger partial charge in [-0.25, -0.2) is 0 Å². The van der Waals surface area contributed by atoms with Gasteiger partial charge in [-0.2, -0.15) is 0 Å². The predicted octanol–water partition coefficient (Wildman–Crippen LogP) is 6.73. The Bertz CT molecular complexity index is 296. The molecule has 0 aliphatic carbocycles. The van der Waals surface area contributed by atoms with Crippen molar-refractivity contribution in [2.45, 2.75) is 116 Å². The van der Waals surface area contributed by atoms with E-state index in [-0.39, 0.29) is 0 Å². The summed E-state index contributed by atoms with van der Waals surface area (Å²) in [5, 5.41) is 7.35. The van der Waals surface area contributed by atoms with Crippen LogP contribution in [0.4, 0.5) is 0 Å². The van der Waals surface area contributed by atoms with Crippen LogP contribution in [0.5, 0.6) is 0 Å². The molecule has 3 heteroatoms. The third kappa shape index (κ3) is 14.5. The summed E-state index contributed by atoms with van der Waals surface area (Å²) in [7, 11) is 0. The van der Waals surface area contributed by atoms with E-state index in [0.29, 0.717) is 0 Å². The Balaban J connectivity index is 1.69. The van der Waals surface area contributed by atoms with Gasteiger partial charge in [-0.05, 0) is 24.6 Å². The average Bonchev–Trinajstić information content (AvgIpc) is 2.63. The number of rotatable bonds is 17. The zero-order valence-corrected chi connectivity index (χ0v) is 17.7. The molecule has 0 radical (unpaired) electrons. The lowest BCUT2D eigenvalue weighted by Gasteiger charge is -2.25. The standard InChI is InChI=1S/C22H44N2S/c1-2-3-4-5-6-7-8-9-10-11-12-13-14-15-16-17-18-21-19-23-22(25)24-20-21/h21H,2-20H2,1H3,(H2,23,24,25). The summed E-state index contributed by atoms with van der Waals surface area (Å²) in [6, 6.07) is 0. The molecule has 1 saturated heterocycles. The lowest BCUT2D eigenvalue weighted by Crippen LogP contribution is -2.47. The van der Waals surface area contributed by atoms with Crippen LogP contribution in [0.15, 0.2) is 0 Å². The van der Waals surface area contributed by atoms with Crippen LogP contribution in [0.3, 0.4) is 0 Å². The molecule has 0 amide bonds. The second-order valence-electron chi connectivity index (χ2n) is 8.05. The van der Waals surface area contributed by atoms with Crippen molar-refractivity contribution in [2.24, 2.45) is 5.92 Å². The molecule has 2 nitrogen and oxygen atoms in total. The Kier molecular flexibility index (Phi) is 15.6. The van der Waals surface area contributed by atoms with Crippen LogP contribution in [0.25, 0.3) is 0 Å². The van der Waals surface area contributed by atoms with E-state index >= 15 is 0 Å². The third-order valence-electron chi connectivity index (χ3n) is 5.57. The zero-order valence-electron chi connectivity index (χ0n) is 16.9. The predicted molar refractivity (Wildman–Crippen MR) is 116 cm³/mol. The van der Waals surface area contributed by atoms with E-state index in [1.165, 1.54) is 109 Å². The zero-order chi connectivity index (χ0) is 18.0. The normalized spacial score (nSPS) is 15.2. The van der Waals surface area contributed by atoms with Crippen molar-refractivity contribution in [3.05, 3.63) is 0 Å². The number of unbranched alkanes of at least 4 members (excludes halogenated alkanes) is 15. The molecule has 1 fully saturated rings. The minimum Gasteiger partial charge on any atom is -0.362 e. The summed E-state index contributed by atoms with van der Waals surface area (Å²) < 4.78 is 0. The Morgan fingerprint density at radius 3 is 1.40 bits per heavy atom. The fourth-order valence-corrected chi connectivity index (χ4v) is 3.96. The Morgan fingerprint density at radius 2 is 1.00 bits per heavy atom. The molecule has 1 rings (SSSR count). The van der Waals surface area contributed by atoms with Crippen molar-refractivity contribution >= 4 is 17.3 Å². The lowest BCUT2D eigenvalue weighted by molar-refractivity contribution is 0.418. The van der Waals surface area contributed by atoms with Crippen molar-refractivity contribution in [1.82, 2.24) is 10.6 Å². The van der Waals surface area contributed by atoms with Crippen molar-refractivity contribution in [3.63, 3.8) is 0 Å². The first-order valence-corrected chi connectivity index (χ1v) is 11.8. The first-order chi connectivity index (χ1) is 12.3. The molecule has 1 aliphatic heterocycles. The van der Waals surface area contributed by atoms with Crippen molar-refractivity contribution in [2.75, 3.05) is 13.1 Å². The third-order valence-corrected chi connectivity index (χ3v) is 5.86. The molecule has 0 aromatic carbocycles. The lowest BCUT2D eigenvalue weighted by atomic mass is 9.99. The molecular formula is C22H44N2S. The number of thiocarbonyl (C=S) groups is 1. The van der Waals surface area contributed by atoms with E-state index in [0.717, 1.165) is 24.1 Å². The first kappa shape index (κ1) is 22.7. The molecule has 25 heavy (non-hydrogen) atoms. The van der Waals surface area contributed by atoms with E-state index in [2.05, 4.69) is 17.6 Å². The topological polar surface area (TPSA) is 24.1 Å². The fraction of sp³-hybridized carbons (Fsp3) is 0.955. The Morgan fingerprint density at radius 1 is 0.640 bits per heavy atom. The largest absolute Gasteiger partial charge is 0.362 e. The summed E-state index contributed by atoms with van der Waals surface area (Å²) in [4.78, 5) is 0. The molecule has 2 N–H and O–H groups in total. The molecule has 1 aliphatic rings. The summed E-state index contributed by atoms with van der Waals surface area (Å²) in [5.74, 6) is 0.776. The van der Waals surface area contributed by atoms with Gasteiger partial charge in [0.1, 0.15) is 0 Å². The van der Waals surface area contributed by atoms with Crippen LogP contribution >= 0.6 is 12.2 Å². The van der Waals surface area contributed by atoms with Gasteiger partial charge in [-0.15, -0.1) is 0 Å². The summed E-state index contributed by atoms with van der Waals surface area (Å²) in [6.45, 7) is 4.44. The highest BCUT2D eigenvalue weighted by atomic mass is 32.1. The second kappa shape index (κ2) is 17.1. The van der Waals surface area contributed by atoms with Gasteiger partial charge >= 0.3 is 0 Å². The minimum absolute atomic E-state index is 0.776. The molecule has 0 bridgehead atoms. The van der Waals surface area contributed by atoms with E-state index < -0.39 is 0 Å². The summed E-state index contributed by atoms with van der Waals surface area (Å²) in [5.41, 5.74) is 0. The summed E-state index contributed by atoms with van der Waals surface area (Å²) in [6.07, 6.45) is 24.5. The van der Waals surface area contributed by atoms with Crippen molar-refractivity contribution in [3.8, 4) is 0 Å². The van der Waals surface area contributed by atoms with Gasteiger partial charge < -0.3 is 10.6 Å². The van der Waals surface area contributed by atoms with Gasteiger partial charge in [0.05, 0.1) is 0 Å². The summed E-state index contributed by atoms with van der Waals surface area (Å²) >= 11 is 5.09. The Labute approximate surface area is 163 Å². The molecule has 0 spiro atoms.